The predicted octanol–water partition coefficient (Wildman–Crippen LogP) is 5.25. The summed E-state index contributed by atoms with van der Waals surface area (Å²) in [4.78, 5) is 18.0. The minimum atomic E-state index is -0.301. The summed E-state index contributed by atoms with van der Waals surface area (Å²) in [5.74, 6) is 1.62. The van der Waals surface area contributed by atoms with Crippen molar-refractivity contribution in [2.75, 3.05) is 19.7 Å². The first-order valence-electron chi connectivity index (χ1n) is 9.96. The molecule has 1 fully saturated rings. The molecule has 4 rings (SSSR count). The number of aromatic nitrogens is 1. The number of nitrogens with one attached hydrogen (secondary N) is 1. The van der Waals surface area contributed by atoms with Crippen molar-refractivity contribution in [1.82, 2.24) is 10.3 Å². The van der Waals surface area contributed by atoms with Crippen molar-refractivity contribution in [3.8, 4) is 22.8 Å². The van der Waals surface area contributed by atoms with Gasteiger partial charge in [-0.25, -0.2) is 9.78 Å². The highest BCUT2D eigenvalue weighted by atomic mass is 32.1. The summed E-state index contributed by atoms with van der Waals surface area (Å²) in [5.41, 5.74) is 1.60. The fourth-order valence-electron chi connectivity index (χ4n) is 3.42. The Balaban J connectivity index is 1.61. The van der Waals surface area contributed by atoms with E-state index in [2.05, 4.69) is 5.32 Å². The molecule has 0 unspecified atom stereocenters. The molecule has 3 aromatic rings. The molecular formula is C23H24N2O3S. The second-order valence-electron chi connectivity index (χ2n) is 6.91. The number of rotatable bonds is 6. The number of hydrogen-bond acceptors (Lipinski definition) is 6. The lowest BCUT2D eigenvalue weighted by molar-refractivity contribution is 0.0532. The number of carbonyl (C=O) groups excluding carboxylic acids is 1. The van der Waals surface area contributed by atoms with E-state index in [1.165, 1.54) is 11.3 Å². The normalized spacial score (nSPS) is 14.5. The van der Waals surface area contributed by atoms with Crippen LogP contribution in [0.15, 0.2) is 54.6 Å². The Morgan fingerprint density at radius 1 is 1.07 bits per heavy atom. The lowest BCUT2D eigenvalue weighted by Crippen LogP contribution is -2.26. The van der Waals surface area contributed by atoms with Gasteiger partial charge in [0.25, 0.3) is 0 Å². The van der Waals surface area contributed by atoms with Crippen LogP contribution in [0.1, 0.15) is 40.4 Å². The fourth-order valence-corrected chi connectivity index (χ4v) is 4.57. The Morgan fingerprint density at radius 2 is 1.76 bits per heavy atom. The van der Waals surface area contributed by atoms with E-state index in [1.807, 2.05) is 61.5 Å². The molecule has 0 amide bonds. The Labute approximate surface area is 174 Å². The van der Waals surface area contributed by atoms with Gasteiger partial charge >= 0.3 is 5.97 Å². The van der Waals surface area contributed by atoms with Crippen LogP contribution >= 0.6 is 11.3 Å². The van der Waals surface area contributed by atoms with Gasteiger partial charge in [-0.15, -0.1) is 11.3 Å². The van der Waals surface area contributed by atoms with Crippen LogP contribution in [0.5, 0.6) is 11.5 Å². The molecule has 1 N–H and O–H groups in total. The van der Waals surface area contributed by atoms with Crippen molar-refractivity contribution in [2.45, 2.75) is 25.7 Å². The van der Waals surface area contributed by atoms with Crippen LogP contribution in [0.3, 0.4) is 0 Å². The van der Waals surface area contributed by atoms with Crippen molar-refractivity contribution in [2.24, 2.45) is 0 Å². The zero-order valence-electron chi connectivity index (χ0n) is 16.4. The molecule has 29 heavy (non-hydrogen) atoms. The van der Waals surface area contributed by atoms with Gasteiger partial charge in [0, 0.05) is 11.5 Å². The molecule has 0 aliphatic carbocycles. The number of thiazole rings is 1. The topological polar surface area (TPSA) is 60.5 Å². The highest BCUT2D eigenvalue weighted by Gasteiger charge is 2.25. The van der Waals surface area contributed by atoms with Crippen LogP contribution in [0.25, 0.3) is 11.3 Å². The molecule has 150 valence electrons. The van der Waals surface area contributed by atoms with Crippen molar-refractivity contribution < 1.29 is 14.3 Å². The third-order valence-electron chi connectivity index (χ3n) is 4.90. The van der Waals surface area contributed by atoms with Gasteiger partial charge < -0.3 is 14.8 Å². The maximum Gasteiger partial charge on any atom is 0.350 e. The SMILES string of the molecule is CCOC(=O)c1sc(C2CCNCC2)nc1-c1ccc(Oc2ccccc2)cc1. The van der Waals surface area contributed by atoms with E-state index < -0.39 is 0 Å². The molecule has 1 aliphatic heterocycles. The van der Waals surface area contributed by atoms with Crippen molar-refractivity contribution >= 4 is 17.3 Å². The summed E-state index contributed by atoms with van der Waals surface area (Å²) in [6.45, 7) is 4.14. The van der Waals surface area contributed by atoms with E-state index in [-0.39, 0.29) is 5.97 Å². The number of hydrogen-bond donors (Lipinski definition) is 1. The third-order valence-corrected chi connectivity index (χ3v) is 6.10. The Morgan fingerprint density at radius 3 is 2.45 bits per heavy atom. The van der Waals surface area contributed by atoms with Crippen LogP contribution in [0.2, 0.25) is 0 Å². The summed E-state index contributed by atoms with van der Waals surface area (Å²) >= 11 is 1.47. The van der Waals surface area contributed by atoms with Gasteiger partial charge in [0.1, 0.15) is 16.4 Å². The first-order valence-corrected chi connectivity index (χ1v) is 10.8. The lowest BCUT2D eigenvalue weighted by atomic mass is 9.99. The second kappa shape index (κ2) is 9.20. The highest BCUT2D eigenvalue weighted by Crippen LogP contribution is 2.36. The van der Waals surface area contributed by atoms with Crippen LogP contribution in [-0.2, 0) is 4.74 Å². The number of benzene rings is 2. The van der Waals surface area contributed by atoms with Gasteiger partial charge in [0.15, 0.2) is 0 Å². The Kier molecular flexibility index (Phi) is 6.22. The van der Waals surface area contributed by atoms with Crippen LogP contribution in [-0.4, -0.2) is 30.6 Å². The molecule has 6 heteroatoms. The maximum atomic E-state index is 12.6. The van der Waals surface area contributed by atoms with Gasteiger partial charge in [0.2, 0.25) is 0 Å². The van der Waals surface area contributed by atoms with E-state index in [0.717, 1.165) is 48.0 Å². The molecule has 1 aliphatic rings. The van der Waals surface area contributed by atoms with Crippen LogP contribution in [0, 0.1) is 0 Å². The molecule has 0 saturated carbocycles. The summed E-state index contributed by atoms with van der Waals surface area (Å²) in [6.07, 6.45) is 2.08. The van der Waals surface area contributed by atoms with E-state index in [0.29, 0.717) is 23.1 Å². The zero-order valence-corrected chi connectivity index (χ0v) is 17.2. The molecule has 2 heterocycles. The second-order valence-corrected chi connectivity index (χ2v) is 7.94. The van der Waals surface area contributed by atoms with Gasteiger partial charge in [-0.3, -0.25) is 0 Å². The Hall–Kier alpha value is -2.70. The number of carbonyl (C=O) groups is 1. The van der Waals surface area contributed by atoms with Gasteiger partial charge in [-0.2, -0.15) is 0 Å². The minimum absolute atomic E-state index is 0.301. The van der Waals surface area contributed by atoms with E-state index in [1.54, 1.807) is 0 Å². The Bertz CT molecular complexity index is 948. The number of ether oxygens (including phenoxy) is 2. The quantitative estimate of drug-likeness (QED) is 0.565. The third kappa shape index (κ3) is 4.66. The van der Waals surface area contributed by atoms with Crippen molar-refractivity contribution in [3.63, 3.8) is 0 Å². The maximum absolute atomic E-state index is 12.6. The molecule has 5 nitrogen and oxygen atoms in total. The highest BCUT2D eigenvalue weighted by molar-refractivity contribution is 7.14. The summed E-state index contributed by atoms with van der Waals surface area (Å²) in [6, 6.07) is 17.4. The molecule has 0 atom stereocenters. The fraction of sp³-hybridized carbons (Fsp3) is 0.304. The number of esters is 1. The van der Waals surface area contributed by atoms with Crippen molar-refractivity contribution in [1.29, 1.82) is 0 Å². The summed E-state index contributed by atoms with van der Waals surface area (Å²) in [5, 5.41) is 4.40. The number of piperidine rings is 1. The average Bonchev–Trinajstić information content (AvgIpc) is 3.22. The molecule has 0 bridgehead atoms. The molecule has 1 aromatic heterocycles. The monoisotopic (exact) mass is 408 g/mol. The molecular weight excluding hydrogens is 384 g/mol. The van der Waals surface area contributed by atoms with Crippen LogP contribution < -0.4 is 10.1 Å². The molecule has 0 spiro atoms. The van der Waals surface area contributed by atoms with E-state index in [9.17, 15) is 4.79 Å². The van der Waals surface area contributed by atoms with E-state index >= 15 is 0 Å². The van der Waals surface area contributed by atoms with Gasteiger partial charge in [-0.05, 0) is 69.3 Å². The average molecular weight is 409 g/mol. The van der Waals surface area contributed by atoms with Crippen molar-refractivity contribution in [3.05, 3.63) is 64.5 Å². The summed E-state index contributed by atoms with van der Waals surface area (Å²) in [7, 11) is 0. The molecule has 2 aromatic carbocycles. The van der Waals surface area contributed by atoms with Gasteiger partial charge in [0.05, 0.1) is 17.3 Å². The predicted molar refractivity (Wildman–Crippen MR) is 115 cm³/mol. The van der Waals surface area contributed by atoms with Crippen LogP contribution in [0.4, 0.5) is 0 Å². The van der Waals surface area contributed by atoms with Gasteiger partial charge in [-0.1, -0.05) is 18.2 Å². The lowest BCUT2D eigenvalue weighted by Gasteiger charge is -2.20. The largest absolute Gasteiger partial charge is 0.462 e. The summed E-state index contributed by atoms with van der Waals surface area (Å²) < 4.78 is 11.2. The number of para-hydroxylation sites is 1. The standard InChI is InChI=1S/C23H24N2O3S/c1-2-27-23(26)21-20(25-22(29-21)17-12-14-24-15-13-17)16-8-10-19(11-9-16)28-18-6-4-3-5-7-18/h3-11,17,24H,2,12-15H2,1H3. The zero-order chi connectivity index (χ0) is 20.1. The smallest absolute Gasteiger partial charge is 0.350 e. The first kappa shape index (κ1) is 19.6. The first-order chi connectivity index (χ1) is 14.2. The van der Waals surface area contributed by atoms with E-state index in [4.69, 9.17) is 14.5 Å². The minimum Gasteiger partial charge on any atom is -0.462 e. The molecule has 0 radical (unpaired) electrons. The molecule has 1 saturated heterocycles. The number of nitrogens with zero attached hydrogens (tertiary/aromatic N) is 1.